The molecule has 0 aromatic rings. The van der Waals surface area contributed by atoms with E-state index in [9.17, 15) is 4.79 Å². The van der Waals surface area contributed by atoms with Crippen LogP contribution in [0.3, 0.4) is 0 Å². The van der Waals surface area contributed by atoms with Crippen LogP contribution in [0.2, 0.25) is 0 Å². The Balaban J connectivity index is 1.81. The summed E-state index contributed by atoms with van der Waals surface area (Å²) in [5.41, 5.74) is 0. The number of nitrogens with one attached hydrogen (secondary N) is 2. The van der Waals surface area contributed by atoms with Crippen molar-refractivity contribution < 1.29 is 4.79 Å². The summed E-state index contributed by atoms with van der Waals surface area (Å²) in [5.74, 6) is 1.87. The summed E-state index contributed by atoms with van der Waals surface area (Å²) in [5, 5.41) is 6.54. The molecule has 2 fully saturated rings. The topological polar surface area (TPSA) is 41.1 Å². The fourth-order valence-corrected chi connectivity index (χ4v) is 4.14. The van der Waals surface area contributed by atoms with E-state index in [0.717, 1.165) is 11.8 Å². The van der Waals surface area contributed by atoms with E-state index in [1.165, 1.54) is 57.8 Å². The highest BCUT2D eigenvalue weighted by atomic mass is 16.1. The van der Waals surface area contributed by atoms with Crippen molar-refractivity contribution in [3.63, 3.8) is 0 Å². The maximum absolute atomic E-state index is 11.8. The zero-order valence-electron chi connectivity index (χ0n) is 13.3. The molecule has 2 rings (SSSR count). The van der Waals surface area contributed by atoms with E-state index >= 15 is 0 Å². The quantitative estimate of drug-likeness (QED) is 0.811. The highest BCUT2D eigenvalue weighted by Gasteiger charge is 2.32. The molecule has 2 atom stereocenters. The molecular formula is C17H32N2O. The normalized spacial score (nSPS) is 28.6. The van der Waals surface area contributed by atoms with Gasteiger partial charge < -0.3 is 10.6 Å². The Hall–Kier alpha value is -0.570. The van der Waals surface area contributed by atoms with Crippen LogP contribution in [0.5, 0.6) is 0 Å². The molecule has 2 unspecified atom stereocenters. The molecule has 20 heavy (non-hydrogen) atoms. The summed E-state index contributed by atoms with van der Waals surface area (Å²) in [7, 11) is 0. The fourth-order valence-electron chi connectivity index (χ4n) is 4.14. The molecule has 2 aliphatic rings. The van der Waals surface area contributed by atoms with Crippen LogP contribution >= 0.6 is 0 Å². The lowest BCUT2D eigenvalue weighted by atomic mass is 9.71. The van der Waals surface area contributed by atoms with Gasteiger partial charge in [-0.25, -0.2) is 0 Å². The van der Waals surface area contributed by atoms with Crippen LogP contribution in [-0.4, -0.2) is 24.5 Å². The van der Waals surface area contributed by atoms with E-state index in [1.807, 2.05) is 13.8 Å². The summed E-state index contributed by atoms with van der Waals surface area (Å²) in [6.45, 7) is 4.53. The van der Waals surface area contributed by atoms with Crippen LogP contribution in [0.4, 0.5) is 0 Å². The van der Waals surface area contributed by atoms with Gasteiger partial charge in [-0.15, -0.1) is 0 Å². The van der Waals surface area contributed by atoms with E-state index < -0.39 is 0 Å². The van der Waals surface area contributed by atoms with Gasteiger partial charge in [0.25, 0.3) is 0 Å². The SMILES string of the molecule is CC(C)NC(=O)CNC1CCCCC1C1CCCCC1. The molecule has 2 saturated carbocycles. The molecule has 2 N–H and O–H groups in total. The molecule has 0 aliphatic heterocycles. The maximum Gasteiger partial charge on any atom is 0.234 e. The van der Waals surface area contributed by atoms with Gasteiger partial charge in [0.05, 0.1) is 6.54 Å². The minimum absolute atomic E-state index is 0.146. The van der Waals surface area contributed by atoms with Crippen molar-refractivity contribution in [1.29, 1.82) is 0 Å². The second-order valence-electron chi connectivity index (χ2n) is 7.06. The minimum atomic E-state index is 0.146. The van der Waals surface area contributed by atoms with Crippen LogP contribution in [0, 0.1) is 11.8 Å². The van der Waals surface area contributed by atoms with Crippen LogP contribution < -0.4 is 10.6 Å². The molecule has 3 heteroatoms. The molecule has 0 aromatic heterocycles. The highest BCUT2D eigenvalue weighted by molar-refractivity contribution is 5.78. The Morgan fingerprint density at radius 1 is 1.00 bits per heavy atom. The van der Waals surface area contributed by atoms with Crippen LogP contribution in [0.15, 0.2) is 0 Å². The zero-order valence-corrected chi connectivity index (χ0v) is 13.3. The number of hydrogen-bond donors (Lipinski definition) is 2. The Morgan fingerprint density at radius 3 is 2.35 bits per heavy atom. The van der Waals surface area contributed by atoms with Gasteiger partial charge in [-0.3, -0.25) is 4.79 Å². The molecular weight excluding hydrogens is 248 g/mol. The molecule has 0 radical (unpaired) electrons. The molecule has 1 amide bonds. The van der Waals surface area contributed by atoms with Crippen LogP contribution in [-0.2, 0) is 4.79 Å². The minimum Gasteiger partial charge on any atom is -0.353 e. The van der Waals surface area contributed by atoms with Crippen molar-refractivity contribution in [3.8, 4) is 0 Å². The Kier molecular flexibility index (Phi) is 6.34. The molecule has 2 aliphatic carbocycles. The van der Waals surface area contributed by atoms with Crippen molar-refractivity contribution in [2.45, 2.75) is 83.7 Å². The van der Waals surface area contributed by atoms with E-state index in [2.05, 4.69) is 10.6 Å². The second-order valence-corrected chi connectivity index (χ2v) is 7.06. The summed E-state index contributed by atoms with van der Waals surface area (Å²) < 4.78 is 0. The average molecular weight is 280 g/mol. The highest BCUT2D eigenvalue weighted by Crippen LogP contribution is 2.38. The monoisotopic (exact) mass is 280 g/mol. The van der Waals surface area contributed by atoms with E-state index in [0.29, 0.717) is 12.6 Å². The van der Waals surface area contributed by atoms with Gasteiger partial charge in [0.1, 0.15) is 0 Å². The molecule has 0 heterocycles. The smallest absolute Gasteiger partial charge is 0.234 e. The van der Waals surface area contributed by atoms with Gasteiger partial charge in [-0.1, -0.05) is 44.9 Å². The Morgan fingerprint density at radius 2 is 1.65 bits per heavy atom. The largest absolute Gasteiger partial charge is 0.353 e. The fraction of sp³-hybridized carbons (Fsp3) is 0.941. The van der Waals surface area contributed by atoms with Gasteiger partial charge in [0, 0.05) is 12.1 Å². The van der Waals surface area contributed by atoms with Gasteiger partial charge in [-0.2, -0.15) is 0 Å². The van der Waals surface area contributed by atoms with E-state index in [-0.39, 0.29) is 11.9 Å². The Bertz CT molecular complexity index is 297. The van der Waals surface area contributed by atoms with Gasteiger partial charge >= 0.3 is 0 Å². The maximum atomic E-state index is 11.8. The summed E-state index contributed by atoms with van der Waals surface area (Å²) in [6.07, 6.45) is 12.4. The van der Waals surface area contributed by atoms with Crippen molar-refractivity contribution in [2.75, 3.05) is 6.54 Å². The third-order valence-electron chi connectivity index (χ3n) is 5.05. The number of carbonyl (C=O) groups is 1. The summed E-state index contributed by atoms with van der Waals surface area (Å²) >= 11 is 0. The molecule has 3 nitrogen and oxygen atoms in total. The Labute approximate surface area is 124 Å². The number of rotatable bonds is 5. The van der Waals surface area contributed by atoms with Crippen molar-refractivity contribution in [3.05, 3.63) is 0 Å². The van der Waals surface area contributed by atoms with Crippen molar-refractivity contribution in [2.24, 2.45) is 11.8 Å². The molecule has 116 valence electrons. The number of hydrogen-bond acceptors (Lipinski definition) is 2. The first-order valence-corrected chi connectivity index (χ1v) is 8.69. The van der Waals surface area contributed by atoms with Gasteiger partial charge in [-0.05, 0) is 38.5 Å². The standard InChI is InChI=1S/C17H32N2O/c1-13(2)19-17(20)12-18-16-11-7-6-10-15(16)14-8-4-3-5-9-14/h13-16,18H,3-12H2,1-2H3,(H,19,20). The number of carbonyl (C=O) groups excluding carboxylic acids is 1. The lowest BCUT2D eigenvalue weighted by Gasteiger charge is -2.39. The molecule has 0 bridgehead atoms. The van der Waals surface area contributed by atoms with Crippen molar-refractivity contribution in [1.82, 2.24) is 10.6 Å². The molecule has 0 saturated heterocycles. The molecule has 0 spiro atoms. The number of amides is 1. The first kappa shape index (κ1) is 15.8. The first-order chi connectivity index (χ1) is 9.66. The van der Waals surface area contributed by atoms with Crippen molar-refractivity contribution >= 4 is 5.91 Å². The van der Waals surface area contributed by atoms with E-state index in [1.54, 1.807) is 0 Å². The van der Waals surface area contributed by atoms with Gasteiger partial charge in [0.2, 0.25) is 5.91 Å². The van der Waals surface area contributed by atoms with E-state index in [4.69, 9.17) is 0 Å². The summed E-state index contributed by atoms with van der Waals surface area (Å²) in [4.78, 5) is 11.8. The average Bonchev–Trinajstić information content (AvgIpc) is 2.46. The zero-order chi connectivity index (χ0) is 14.4. The lowest BCUT2D eigenvalue weighted by molar-refractivity contribution is -0.121. The predicted octanol–water partition coefficient (Wildman–Crippen LogP) is 3.24. The van der Waals surface area contributed by atoms with Gasteiger partial charge in [0.15, 0.2) is 0 Å². The van der Waals surface area contributed by atoms with Crippen LogP contribution in [0.25, 0.3) is 0 Å². The van der Waals surface area contributed by atoms with Crippen LogP contribution in [0.1, 0.15) is 71.6 Å². The summed E-state index contributed by atoms with van der Waals surface area (Å²) in [6, 6.07) is 0.814. The molecule has 0 aromatic carbocycles. The third kappa shape index (κ3) is 4.76. The second kappa shape index (κ2) is 8.02. The lowest BCUT2D eigenvalue weighted by Crippen LogP contribution is -2.47. The third-order valence-corrected chi connectivity index (χ3v) is 5.05. The predicted molar refractivity (Wildman–Crippen MR) is 83.6 cm³/mol. The first-order valence-electron chi connectivity index (χ1n) is 8.69.